The quantitative estimate of drug-likeness (QED) is 0.849. The van der Waals surface area contributed by atoms with Crippen molar-refractivity contribution in [2.75, 3.05) is 5.32 Å². The Kier molecular flexibility index (Phi) is 5.00. The third-order valence-electron chi connectivity index (χ3n) is 4.06. The Balaban J connectivity index is 2.13. The van der Waals surface area contributed by atoms with Crippen LogP contribution in [0.25, 0.3) is 0 Å². The van der Waals surface area contributed by atoms with Crippen molar-refractivity contribution in [3.8, 4) is 0 Å². The van der Waals surface area contributed by atoms with Crippen LogP contribution in [0, 0.1) is 5.92 Å². The van der Waals surface area contributed by atoms with E-state index in [1.807, 2.05) is 0 Å². The average molecular weight is 263 g/mol. The molecule has 1 aromatic rings. The van der Waals surface area contributed by atoms with Gasteiger partial charge in [-0.15, -0.1) is 0 Å². The first-order valence-electron chi connectivity index (χ1n) is 7.54. The van der Waals surface area contributed by atoms with Crippen molar-refractivity contribution in [2.24, 2.45) is 5.92 Å². The van der Waals surface area contributed by atoms with Crippen molar-refractivity contribution >= 4 is 5.82 Å². The summed E-state index contributed by atoms with van der Waals surface area (Å²) < 4.78 is 1.75. The van der Waals surface area contributed by atoms with Crippen LogP contribution in [0.1, 0.15) is 52.4 Å². The van der Waals surface area contributed by atoms with Crippen LogP contribution in [0.2, 0.25) is 0 Å². The molecule has 1 aliphatic rings. The van der Waals surface area contributed by atoms with E-state index in [1.165, 1.54) is 25.7 Å². The highest BCUT2D eigenvalue weighted by Gasteiger charge is 2.21. The zero-order chi connectivity index (χ0) is 13.7. The molecule has 106 valence electrons. The Hall–Kier alpha value is -1.32. The van der Waals surface area contributed by atoms with Gasteiger partial charge in [0, 0.05) is 25.0 Å². The highest BCUT2D eigenvalue weighted by atomic mass is 16.1. The molecule has 0 amide bonds. The molecule has 4 heteroatoms. The molecule has 0 bridgehead atoms. The molecule has 1 saturated carbocycles. The fourth-order valence-corrected chi connectivity index (χ4v) is 2.85. The molecule has 0 aromatic carbocycles. The summed E-state index contributed by atoms with van der Waals surface area (Å²) in [5.74, 6) is 1.14. The monoisotopic (exact) mass is 263 g/mol. The van der Waals surface area contributed by atoms with Gasteiger partial charge < -0.3 is 9.88 Å². The van der Waals surface area contributed by atoms with Gasteiger partial charge in [-0.1, -0.05) is 33.1 Å². The lowest BCUT2D eigenvalue weighted by Gasteiger charge is -2.23. The molecular formula is C15H25N3O. The molecule has 4 nitrogen and oxygen atoms in total. The van der Waals surface area contributed by atoms with Gasteiger partial charge in [0.1, 0.15) is 0 Å². The standard InChI is InChI=1S/C15H25N3O/c1-3-10-18-11-9-16-14(15(18)19)17-13-8-6-4-5-7-12(13)2/h9,11-13H,3-8,10H2,1-2H3,(H,16,17). The lowest BCUT2D eigenvalue weighted by molar-refractivity contribution is 0.454. The van der Waals surface area contributed by atoms with E-state index in [0.717, 1.165) is 19.4 Å². The number of nitrogens with one attached hydrogen (secondary N) is 1. The van der Waals surface area contributed by atoms with E-state index in [9.17, 15) is 4.79 Å². The molecule has 1 N–H and O–H groups in total. The van der Waals surface area contributed by atoms with E-state index in [0.29, 0.717) is 17.8 Å². The van der Waals surface area contributed by atoms with Gasteiger partial charge in [-0.25, -0.2) is 4.98 Å². The maximum atomic E-state index is 12.3. The highest BCUT2D eigenvalue weighted by molar-refractivity contribution is 5.32. The summed E-state index contributed by atoms with van der Waals surface area (Å²) >= 11 is 0. The number of aryl methyl sites for hydroxylation is 1. The van der Waals surface area contributed by atoms with Crippen LogP contribution >= 0.6 is 0 Å². The molecule has 2 atom stereocenters. The summed E-state index contributed by atoms with van der Waals surface area (Å²) in [4.78, 5) is 16.5. The van der Waals surface area contributed by atoms with Gasteiger partial charge >= 0.3 is 0 Å². The van der Waals surface area contributed by atoms with Gasteiger partial charge in [0.25, 0.3) is 5.56 Å². The lowest BCUT2D eigenvalue weighted by atomic mass is 9.97. The van der Waals surface area contributed by atoms with Crippen molar-refractivity contribution in [3.05, 3.63) is 22.7 Å². The predicted octanol–water partition coefficient (Wildman–Crippen LogP) is 3.03. The molecule has 1 aliphatic carbocycles. The van der Waals surface area contributed by atoms with Crippen molar-refractivity contribution < 1.29 is 0 Å². The number of hydrogen-bond donors (Lipinski definition) is 1. The molecule has 0 spiro atoms. The van der Waals surface area contributed by atoms with Crippen LogP contribution in [-0.4, -0.2) is 15.6 Å². The average Bonchev–Trinajstić information content (AvgIpc) is 2.60. The minimum atomic E-state index is 0.0146. The molecule has 1 aromatic heterocycles. The zero-order valence-corrected chi connectivity index (χ0v) is 12.1. The van der Waals surface area contributed by atoms with E-state index in [2.05, 4.69) is 24.1 Å². The molecule has 0 aliphatic heterocycles. The maximum Gasteiger partial charge on any atom is 0.293 e. The first-order chi connectivity index (χ1) is 9.22. The number of hydrogen-bond acceptors (Lipinski definition) is 3. The Bertz CT molecular complexity index is 455. The summed E-state index contributed by atoms with van der Waals surface area (Å²) in [6, 6.07) is 0.389. The van der Waals surface area contributed by atoms with Crippen molar-refractivity contribution in [3.63, 3.8) is 0 Å². The number of aromatic nitrogens is 2. The molecule has 0 saturated heterocycles. The Morgan fingerprint density at radius 3 is 2.95 bits per heavy atom. The maximum absolute atomic E-state index is 12.3. The van der Waals surface area contributed by atoms with Gasteiger partial charge in [-0.3, -0.25) is 4.79 Å². The molecule has 1 fully saturated rings. The number of anilines is 1. The Morgan fingerprint density at radius 2 is 2.16 bits per heavy atom. The second-order valence-corrected chi connectivity index (χ2v) is 5.64. The zero-order valence-electron chi connectivity index (χ0n) is 12.1. The van der Waals surface area contributed by atoms with Crippen molar-refractivity contribution in [1.82, 2.24) is 9.55 Å². The fourth-order valence-electron chi connectivity index (χ4n) is 2.85. The third kappa shape index (κ3) is 3.58. The summed E-state index contributed by atoms with van der Waals surface area (Å²) in [5.41, 5.74) is 0.0146. The topological polar surface area (TPSA) is 46.9 Å². The van der Waals surface area contributed by atoms with Gasteiger partial charge in [0.15, 0.2) is 5.82 Å². The van der Waals surface area contributed by atoms with Gasteiger partial charge in [-0.05, 0) is 25.2 Å². The smallest absolute Gasteiger partial charge is 0.293 e. The van der Waals surface area contributed by atoms with E-state index >= 15 is 0 Å². The molecule has 0 radical (unpaired) electrons. The number of rotatable bonds is 4. The Labute approximate surface area is 115 Å². The highest BCUT2D eigenvalue weighted by Crippen LogP contribution is 2.24. The Morgan fingerprint density at radius 1 is 1.37 bits per heavy atom. The molecular weight excluding hydrogens is 238 g/mol. The van der Waals surface area contributed by atoms with Gasteiger partial charge in [-0.2, -0.15) is 0 Å². The fraction of sp³-hybridized carbons (Fsp3) is 0.733. The van der Waals surface area contributed by atoms with Crippen LogP contribution < -0.4 is 10.9 Å². The SMILES string of the molecule is CCCn1ccnc(NC2CCCCCC2C)c1=O. The summed E-state index contributed by atoms with van der Waals surface area (Å²) in [7, 11) is 0. The van der Waals surface area contributed by atoms with Crippen LogP contribution in [0.15, 0.2) is 17.2 Å². The van der Waals surface area contributed by atoms with Crippen molar-refractivity contribution in [1.29, 1.82) is 0 Å². The summed E-state index contributed by atoms with van der Waals surface area (Å²) in [6.07, 6.45) is 10.7. The van der Waals surface area contributed by atoms with Crippen LogP contribution in [0.4, 0.5) is 5.82 Å². The van der Waals surface area contributed by atoms with Gasteiger partial charge in [0.2, 0.25) is 0 Å². The number of nitrogens with zero attached hydrogens (tertiary/aromatic N) is 2. The lowest BCUT2D eigenvalue weighted by Crippen LogP contribution is -2.32. The largest absolute Gasteiger partial charge is 0.362 e. The molecule has 1 heterocycles. The molecule has 19 heavy (non-hydrogen) atoms. The first kappa shape index (κ1) is 14.1. The minimum Gasteiger partial charge on any atom is -0.362 e. The second-order valence-electron chi connectivity index (χ2n) is 5.64. The van der Waals surface area contributed by atoms with E-state index in [1.54, 1.807) is 17.0 Å². The minimum absolute atomic E-state index is 0.0146. The van der Waals surface area contributed by atoms with Crippen molar-refractivity contribution in [2.45, 2.75) is 65.0 Å². The van der Waals surface area contributed by atoms with Crippen LogP contribution in [-0.2, 0) is 6.54 Å². The van der Waals surface area contributed by atoms with E-state index < -0.39 is 0 Å². The summed E-state index contributed by atoms with van der Waals surface area (Å²) in [6.45, 7) is 5.11. The normalized spacial score (nSPS) is 23.9. The van der Waals surface area contributed by atoms with E-state index in [4.69, 9.17) is 0 Å². The predicted molar refractivity (Wildman–Crippen MR) is 78.4 cm³/mol. The molecule has 2 unspecified atom stereocenters. The first-order valence-corrected chi connectivity index (χ1v) is 7.54. The van der Waals surface area contributed by atoms with Gasteiger partial charge in [0.05, 0.1) is 0 Å². The second kappa shape index (κ2) is 6.73. The summed E-state index contributed by atoms with van der Waals surface area (Å²) in [5, 5.41) is 3.39. The van der Waals surface area contributed by atoms with Crippen LogP contribution in [0.3, 0.4) is 0 Å². The van der Waals surface area contributed by atoms with E-state index in [-0.39, 0.29) is 5.56 Å². The third-order valence-corrected chi connectivity index (χ3v) is 4.06. The molecule has 2 rings (SSSR count). The van der Waals surface area contributed by atoms with Crippen LogP contribution in [0.5, 0.6) is 0 Å².